The summed E-state index contributed by atoms with van der Waals surface area (Å²) < 4.78 is 15.0. The van der Waals surface area contributed by atoms with E-state index in [-0.39, 0.29) is 11.7 Å². The standard InChI is InChI=1S/C21H18FN5OS/c1-13-12-14(2)27-20(23-13)25-26-21(27)29-18(15-6-4-3-5-7-15)19(28)24-17-10-8-16(22)9-11-17/h3-12,18H,1-2H3,(H,24,28)/t18-/m0/s1. The highest BCUT2D eigenvalue weighted by Gasteiger charge is 2.25. The van der Waals surface area contributed by atoms with Gasteiger partial charge in [-0.2, -0.15) is 0 Å². The van der Waals surface area contributed by atoms with E-state index >= 15 is 0 Å². The van der Waals surface area contributed by atoms with Crippen LogP contribution in [0.2, 0.25) is 0 Å². The van der Waals surface area contributed by atoms with Gasteiger partial charge in [0.2, 0.25) is 5.91 Å². The minimum absolute atomic E-state index is 0.234. The Morgan fingerprint density at radius 2 is 1.79 bits per heavy atom. The zero-order valence-corrected chi connectivity index (χ0v) is 16.7. The highest BCUT2D eigenvalue weighted by Crippen LogP contribution is 2.35. The van der Waals surface area contributed by atoms with Gasteiger partial charge >= 0.3 is 0 Å². The lowest BCUT2D eigenvalue weighted by molar-refractivity contribution is -0.115. The molecule has 2 aromatic heterocycles. The van der Waals surface area contributed by atoms with Crippen LogP contribution in [0.15, 0.2) is 65.8 Å². The number of nitrogens with zero attached hydrogens (tertiary/aromatic N) is 4. The van der Waals surface area contributed by atoms with Crippen LogP contribution < -0.4 is 5.32 Å². The van der Waals surface area contributed by atoms with Gasteiger partial charge in [-0.05, 0) is 49.7 Å². The van der Waals surface area contributed by atoms with Gasteiger partial charge in [-0.1, -0.05) is 42.1 Å². The summed E-state index contributed by atoms with van der Waals surface area (Å²) >= 11 is 1.29. The van der Waals surface area contributed by atoms with Crippen LogP contribution in [0.3, 0.4) is 0 Å². The fourth-order valence-corrected chi connectivity index (χ4v) is 4.11. The van der Waals surface area contributed by atoms with Gasteiger partial charge in [0.15, 0.2) is 5.16 Å². The van der Waals surface area contributed by atoms with Crippen LogP contribution in [-0.4, -0.2) is 25.5 Å². The Hall–Kier alpha value is -3.26. The molecule has 4 aromatic rings. The fraction of sp³-hybridized carbons (Fsp3) is 0.143. The summed E-state index contributed by atoms with van der Waals surface area (Å²) in [6, 6.07) is 17.1. The summed E-state index contributed by atoms with van der Waals surface area (Å²) in [6.07, 6.45) is 0. The molecule has 0 saturated heterocycles. The molecule has 0 unspecified atom stereocenters. The summed E-state index contributed by atoms with van der Waals surface area (Å²) in [5.74, 6) is -0.0942. The maximum atomic E-state index is 13.2. The molecule has 1 N–H and O–H groups in total. The summed E-state index contributed by atoms with van der Waals surface area (Å²) in [6.45, 7) is 3.85. The van der Waals surface area contributed by atoms with Crippen molar-refractivity contribution in [2.24, 2.45) is 0 Å². The molecule has 2 aromatic carbocycles. The third kappa shape index (κ3) is 4.12. The summed E-state index contributed by atoms with van der Waals surface area (Å²) in [5.41, 5.74) is 3.14. The first-order valence-electron chi connectivity index (χ1n) is 8.98. The summed E-state index contributed by atoms with van der Waals surface area (Å²) in [4.78, 5) is 17.5. The SMILES string of the molecule is Cc1cc(C)n2c(S[C@H](C(=O)Nc3ccc(F)cc3)c3ccccc3)nnc2n1. The third-order valence-corrected chi connectivity index (χ3v) is 5.54. The van der Waals surface area contributed by atoms with Crippen molar-refractivity contribution >= 4 is 29.1 Å². The zero-order chi connectivity index (χ0) is 20.4. The molecular formula is C21H18FN5OS. The van der Waals surface area contributed by atoms with Crippen LogP contribution in [-0.2, 0) is 4.79 Å². The van der Waals surface area contributed by atoms with Gasteiger partial charge < -0.3 is 5.32 Å². The van der Waals surface area contributed by atoms with Gasteiger partial charge in [-0.15, -0.1) is 10.2 Å². The number of anilines is 1. The van der Waals surface area contributed by atoms with Gasteiger partial charge in [0.25, 0.3) is 5.78 Å². The van der Waals surface area contributed by atoms with Crippen LogP contribution in [0.4, 0.5) is 10.1 Å². The first kappa shape index (κ1) is 19.1. The number of benzene rings is 2. The average Bonchev–Trinajstić information content (AvgIpc) is 3.11. The average molecular weight is 407 g/mol. The van der Waals surface area contributed by atoms with E-state index in [9.17, 15) is 9.18 Å². The molecule has 1 amide bonds. The maximum absolute atomic E-state index is 13.2. The Kier molecular flexibility index (Phi) is 5.26. The van der Waals surface area contributed by atoms with Crippen LogP contribution in [0.1, 0.15) is 22.2 Å². The van der Waals surface area contributed by atoms with Gasteiger partial charge in [-0.25, -0.2) is 9.37 Å². The highest BCUT2D eigenvalue weighted by molar-refractivity contribution is 8.00. The van der Waals surface area contributed by atoms with Crippen molar-refractivity contribution in [3.05, 3.63) is 83.4 Å². The van der Waals surface area contributed by atoms with E-state index < -0.39 is 5.25 Å². The van der Waals surface area contributed by atoms with Gasteiger partial charge in [0, 0.05) is 17.1 Å². The number of halogens is 1. The van der Waals surface area contributed by atoms with E-state index in [1.165, 1.54) is 36.0 Å². The third-order valence-electron chi connectivity index (χ3n) is 4.34. The highest BCUT2D eigenvalue weighted by atomic mass is 32.2. The molecule has 0 spiro atoms. The normalized spacial score (nSPS) is 12.1. The monoisotopic (exact) mass is 407 g/mol. The van der Waals surface area contributed by atoms with Crippen molar-refractivity contribution in [3.8, 4) is 0 Å². The Labute approximate surface area is 171 Å². The zero-order valence-electron chi connectivity index (χ0n) is 15.8. The first-order chi connectivity index (χ1) is 14.0. The Morgan fingerprint density at radius 3 is 2.52 bits per heavy atom. The molecule has 8 heteroatoms. The number of aromatic nitrogens is 4. The van der Waals surface area contributed by atoms with E-state index in [4.69, 9.17) is 0 Å². The van der Waals surface area contributed by atoms with E-state index in [2.05, 4.69) is 20.5 Å². The van der Waals surface area contributed by atoms with E-state index in [1.807, 2.05) is 54.6 Å². The number of rotatable bonds is 5. The van der Waals surface area contributed by atoms with E-state index in [0.29, 0.717) is 16.6 Å². The number of carbonyl (C=O) groups is 1. The molecule has 0 saturated carbocycles. The Balaban J connectivity index is 1.68. The maximum Gasteiger partial charge on any atom is 0.256 e. The molecule has 1 atom stereocenters. The van der Waals surface area contributed by atoms with Crippen LogP contribution in [0.25, 0.3) is 5.78 Å². The molecule has 29 heavy (non-hydrogen) atoms. The van der Waals surface area contributed by atoms with Crippen molar-refractivity contribution < 1.29 is 9.18 Å². The Morgan fingerprint density at radius 1 is 1.07 bits per heavy atom. The lowest BCUT2D eigenvalue weighted by atomic mass is 10.1. The summed E-state index contributed by atoms with van der Waals surface area (Å²) in [5, 5.41) is 11.2. The molecule has 6 nitrogen and oxygen atoms in total. The number of carbonyl (C=O) groups excluding carboxylic acids is 1. The largest absolute Gasteiger partial charge is 0.325 e. The van der Waals surface area contributed by atoms with Crippen molar-refractivity contribution in [3.63, 3.8) is 0 Å². The molecule has 2 heterocycles. The van der Waals surface area contributed by atoms with Crippen LogP contribution >= 0.6 is 11.8 Å². The van der Waals surface area contributed by atoms with Crippen molar-refractivity contribution in [2.45, 2.75) is 24.3 Å². The second-order valence-corrected chi connectivity index (χ2v) is 7.63. The van der Waals surface area contributed by atoms with Gasteiger partial charge in [0.1, 0.15) is 11.1 Å². The number of nitrogens with one attached hydrogen (secondary N) is 1. The fourth-order valence-electron chi connectivity index (χ4n) is 3.02. The summed E-state index contributed by atoms with van der Waals surface area (Å²) in [7, 11) is 0. The number of hydrogen-bond acceptors (Lipinski definition) is 5. The molecule has 4 rings (SSSR count). The van der Waals surface area contributed by atoms with Crippen molar-refractivity contribution in [1.82, 2.24) is 19.6 Å². The molecule has 0 aliphatic heterocycles. The Bertz CT molecular complexity index is 1160. The molecule has 0 bridgehead atoms. The minimum Gasteiger partial charge on any atom is -0.325 e. The van der Waals surface area contributed by atoms with Crippen molar-refractivity contribution in [2.75, 3.05) is 5.32 Å². The number of amides is 1. The number of aryl methyl sites for hydroxylation is 2. The number of fused-ring (bicyclic) bond motifs is 1. The van der Waals surface area contributed by atoms with E-state index in [0.717, 1.165) is 17.0 Å². The minimum atomic E-state index is -0.575. The second kappa shape index (κ2) is 8.00. The quantitative estimate of drug-likeness (QED) is 0.498. The van der Waals surface area contributed by atoms with Crippen LogP contribution in [0, 0.1) is 19.7 Å². The van der Waals surface area contributed by atoms with Gasteiger partial charge in [-0.3, -0.25) is 9.20 Å². The van der Waals surface area contributed by atoms with Crippen LogP contribution in [0.5, 0.6) is 0 Å². The smallest absolute Gasteiger partial charge is 0.256 e. The molecule has 0 aliphatic carbocycles. The topological polar surface area (TPSA) is 72.2 Å². The van der Waals surface area contributed by atoms with E-state index in [1.54, 1.807) is 0 Å². The van der Waals surface area contributed by atoms with Gasteiger partial charge in [0.05, 0.1) is 0 Å². The first-order valence-corrected chi connectivity index (χ1v) is 9.86. The second-order valence-electron chi connectivity index (χ2n) is 6.56. The lowest BCUT2D eigenvalue weighted by Crippen LogP contribution is -2.19. The predicted molar refractivity (Wildman–Crippen MR) is 110 cm³/mol. The molecule has 146 valence electrons. The predicted octanol–water partition coefficient (Wildman–Crippen LogP) is 4.35. The molecule has 0 radical (unpaired) electrons. The molecule has 0 aliphatic rings. The van der Waals surface area contributed by atoms with Crippen molar-refractivity contribution in [1.29, 1.82) is 0 Å². The number of thioether (sulfide) groups is 1. The number of hydrogen-bond donors (Lipinski definition) is 1. The molecule has 0 fully saturated rings. The molecular weight excluding hydrogens is 389 g/mol. The lowest BCUT2D eigenvalue weighted by Gasteiger charge is -2.16.